The summed E-state index contributed by atoms with van der Waals surface area (Å²) in [5.74, 6) is -0.724. The van der Waals surface area contributed by atoms with Gasteiger partial charge in [0, 0.05) is 5.69 Å². The van der Waals surface area contributed by atoms with Crippen LogP contribution >= 0.6 is 0 Å². The van der Waals surface area contributed by atoms with Gasteiger partial charge in [0.2, 0.25) is 5.91 Å². The van der Waals surface area contributed by atoms with E-state index in [1.54, 1.807) is 24.3 Å². The third kappa shape index (κ3) is 7.60. The zero-order valence-electron chi connectivity index (χ0n) is 17.2. The summed E-state index contributed by atoms with van der Waals surface area (Å²) in [5, 5.41) is 15.1. The van der Waals surface area contributed by atoms with Crippen molar-refractivity contribution in [3.8, 4) is 5.75 Å². The molecule has 3 rings (SSSR count). The van der Waals surface area contributed by atoms with Crippen molar-refractivity contribution in [2.45, 2.75) is 25.5 Å². The first-order valence-electron chi connectivity index (χ1n) is 10.2. The lowest BCUT2D eigenvalue weighted by Crippen LogP contribution is -2.40. The van der Waals surface area contributed by atoms with Crippen molar-refractivity contribution in [3.63, 3.8) is 0 Å². The lowest BCUT2D eigenvalue weighted by Gasteiger charge is -2.15. The van der Waals surface area contributed by atoms with Crippen LogP contribution in [0, 0.1) is 0 Å². The Morgan fingerprint density at radius 3 is 2.06 bits per heavy atom. The van der Waals surface area contributed by atoms with Crippen molar-refractivity contribution in [2.24, 2.45) is 0 Å². The summed E-state index contributed by atoms with van der Waals surface area (Å²) in [7, 11) is 0. The molecule has 6 heteroatoms. The standard InChI is InChI=1S/C25H26N2O4/c28-24(17-23(25(29)30)26-16-15-19-7-3-1-4-8-19)27-21-11-13-22(14-12-21)31-18-20-9-5-2-6-10-20/h1-14,23,26H,15-18H2,(H,27,28)(H,29,30). The second-order valence-electron chi connectivity index (χ2n) is 7.13. The summed E-state index contributed by atoms with van der Waals surface area (Å²) >= 11 is 0. The van der Waals surface area contributed by atoms with Crippen LogP contribution in [0.1, 0.15) is 17.5 Å². The Labute approximate surface area is 181 Å². The maximum absolute atomic E-state index is 12.3. The molecule has 0 heterocycles. The topological polar surface area (TPSA) is 87.7 Å². The van der Waals surface area contributed by atoms with E-state index >= 15 is 0 Å². The van der Waals surface area contributed by atoms with Gasteiger partial charge in [0.05, 0.1) is 6.42 Å². The Hall–Kier alpha value is -3.64. The number of anilines is 1. The summed E-state index contributed by atoms with van der Waals surface area (Å²) in [4.78, 5) is 23.8. The first kappa shape index (κ1) is 22.1. The van der Waals surface area contributed by atoms with E-state index in [-0.39, 0.29) is 12.3 Å². The fourth-order valence-corrected chi connectivity index (χ4v) is 3.06. The first-order valence-corrected chi connectivity index (χ1v) is 10.2. The zero-order valence-corrected chi connectivity index (χ0v) is 17.2. The van der Waals surface area contributed by atoms with E-state index in [0.29, 0.717) is 31.0 Å². The number of carboxylic acid groups (broad SMARTS) is 1. The van der Waals surface area contributed by atoms with E-state index < -0.39 is 12.0 Å². The molecule has 0 aliphatic heterocycles. The van der Waals surface area contributed by atoms with Crippen LogP contribution < -0.4 is 15.4 Å². The van der Waals surface area contributed by atoms with Gasteiger partial charge in [-0.15, -0.1) is 0 Å². The number of aliphatic carboxylic acids is 1. The van der Waals surface area contributed by atoms with Crippen LogP contribution in [0.3, 0.4) is 0 Å². The molecule has 3 aromatic rings. The van der Waals surface area contributed by atoms with Crippen LogP contribution in [0.25, 0.3) is 0 Å². The van der Waals surface area contributed by atoms with Gasteiger partial charge in [-0.25, -0.2) is 0 Å². The van der Waals surface area contributed by atoms with Gasteiger partial charge in [-0.2, -0.15) is 0 Å². The minimum absolute atomic E-state index is 0.156. The fourth-order valence-electron chi connectivity index (χ4n) is 3.06. The number of hydrogen-bond acceptors (Lipinski definition) is 4. The molecule has 6 nitrogen and oxygen atoms in total. The van der Waals surface area contributed by atoms with Crippen LogP contribution in [0.4, 0.5) is 5.69 Å². The number of benzene rings is 3. The van der Waals surface area contributed by atoms with Crippen LogP contribution in [0.5, 0.6) is 5.75 Å². The van der Waals surface area contributed by atoms with Crippen molar-refractivity contribution in [1.29, 1.82) is 0 Å². The Kier molecular flexibility index (Phi) is 8.20. The molecular formula is C25H26N2O4. The number of rotatable bonds is 11. The molecule has 0 saturated heterocycles. The molecule has 1 amide bonds. The number of ether oxygens (including phenoxy) is 1. The fraction of sp³-hybridized carbons (Fsp3) is 0.200. The predicted molar refractivity (Wildman–Crippen MR) is 120 cm³/mol. The highest BCUT2D eigenvalue weighted by atomic mass is 16.5. The lowest BCUT2D eigenvalue weighted by molar-refractivity contribution is -0.141. The molecule has 0 aliphatic rings. The molecule has 3 N–H and O–H groups in total. The Morgan fingerprint density at radius 1 is 0.839 bits per heavy atom. The number of nitrogens with one attached hydrogen (secondary N) is 2. The molecule has 3 aromatic carbocycles. The van der Waals surface area contributed by atoms with E-state index in [1.165, 1.54) is 0 Å². The van der Waals surface area contributed by atoms with Crippen LogP contribution in [0.2, 0.25) is 0 Å². The number of carboxylic acids is 1. The number of carbonyl (C=O) groups is 2. The summed E-state index contributed by atoms with van der Waals surface area (Å²) in [6, 6.07) is 25.7. The second kappa shape index (κ2) is 11.5. The van der Waals surface area contributed by atoms with E-state index in [2.05, 4.69) is 10.6 Å². The van der Waals surface area contributed by atoms with Crippen LogP contribution in [-0.2, 0) is 22.6 Å². The van der Waals surface area contributed by atoms with Gasteiger partial charge < -0.3 is 20.5 Å². The minimum Gasteiger partial charge on any atom is -0.489 e. The van der Waals surface area contributed by atoms with Gasteiger partial charge in [0.1, 0.15) is 18.4 Å². The maximum atomic E-state index is 12.3. The summed E-state index contributed by atoms with van der Waals surface area (Å²) in [6.07, 6.45) is 0.535. The van der Waals surface area contributed by atoms with Gasteiger partial charge in [0.15, 0.2) is 0 Å². The number of carbonyl (C=O) groups excluding carboxylic acids is 1. The van der Waals surface area contributed by atoms with E-state index in [9.17, 15) is 14.7 Å². The smallest absolute Gasteiger partial charge is 0.321 e. The van der Waals surface area contributed by atoms with E-state index in [4.69, 9.17) is 4.74 Å². The molecule has 0 fully saturated rings. The molecule has 31 heavy (non-hydrogen) atoms. The molecule has 0 aliphatic carbocycles. The summed E-state index contributed by atoms with van der Waals surface area (Å²) in [6.45, 7) is 0.934. The number of hydrogen-bond donors (Lipinski definition) is 3. The molecule has 160 valence electrons. The predicted octanol–water partition coefficient (Wildman–Crippen LogP) is 3.88. The SMILES string of the molecule is O=C(CC(NCCc1ccccc1)C(=O)O)Nc1ccc(OCc2ccccc2)cc1. The summed E-state index contributed by atoms with van der Waals surface area (Å²) in [5.41, 5.74) is 2.77. The number of amides is 1. The normalized spacial score (nSPS) is 11.5. The Morgan fingerprint density at radius 2 is 1.45 bits per heavy atom. The summed E-state index contributed by atoms with van der Waals surface area (Å²) < 4.78 is 5.73. The third-order valence-corrected chi connectivity index (χ3v) is 4.72. The van der Waals surface area contributed by atoms with Gasteiger partial charge >= 0.3 is 5.97 Å². The van der Waals surface area contributed by atoms with E-state index in [0.717, 1.165) is 11.1 Å². The minimum atomic E-state index is -1.05. The molecule has 0 radical (unpaired) electrons. The highest BCUT2D eigenvalue weighted by Crippen LogP contribution is 2.17. The van der Waals surface area contributed by atoms with Crippen LogP contribution in [0.15, 0.2) is 84.9 Å². The molecule has 1 unspecified atom stereocenters. The first-order chi connectivity index (χ1) is 15.1. The second-order valence-corrected chi connectivity index (χ2v) is 7.13. The maximum Gasteiger partial charge on any atom is 0.321 e. The highest BCUT2D eigenvalue weighted by molar-refractivity contribution is 5.94. The average molecular weight is 418 g/mol. The molecule has 0 saturated carbocycles. The van der Waals surface area contributed by atoms with Crippen molar-refractivity contribution >= 4 is 17.6 Å². The van der Waals surface area contributed by atoms with Gasteiger partial charge in [0.25, 0.3) is 0 Å². The van der Waals surface area contributed by atoms with Crippen molar-refractivity contribution < 1.29 is 19.4 Å². The Bertz CT molecular complexity index is 960. The molecule has 0 aromatic heterocycles. The third-order valence-electron chi connectivity index (χ3n) is 4.72. The van der Waals surface area contributed by atoms with Crippen molar-refractivity contribution in [3.05, 3.63) is 96.1 Å². The quantitative estimate of drug-likeness (QED) is 0.440. The van der Waals surface area contributed by atoms with Gasteiger partial charge in [-0.3, -0.25) is 9.59 Å². The Balaban J connectivity index is 1.44. The molecule has 1 atom stereocenters. The molecular weight excluding hydrogens is 392 g/mol. The zero-order chi connectivity index (χ0) is 21.9. The van der Waals surface area contributed by atoms with Gasteiger partial charge in [-0.05, 0) is 48.4 Å². The largest absolute Gasteiger partial charge is 0.489 e. The van der Waals surface area contributed by atoms with Gasteiger partial charge in [-0.1, -0.05) is 60.7 Å². The molecule has 0 spiro atoms. The lowest BCUT2D eigenvalue weighted by atomic mass is 10.1. The molecule has 0 bridgehead atoms. The highest BCUT2D eigenvalue weighted by Gasteiger charge is 2.20. The monoisotopic (exact) mass is 418 g/mol. The van der Waals surface area contributed by atoms with Crippen molar-refractivity contribution in [1.82, 2.24) is 5.32 Å². The average Bonchev–Trinajstić information content (AvgIpc) is 2.79. The van der Waals surface area contributed by atoms with Crippen molar-refractivity contribution in [2.75, 3.05) is 11.9 Å². The van der Waals surface area contributed by atoms with E-state index in [1.807, 2.05) is 60.7 Å². The van der Waals surface area contributed by atoms with Crippen LogP contribution in [-0.4, -0.2) is 29.6 Å².